The summed E-state index contributed by atoms with van der Waals surface area (Å²) < 4.78 is 5.05. The van der Waals surface area contributed by atoms with Gasteiger partial charge in [0.25, 0.3) is 0 Å². The summed E-state index contributed by atoms with van der Waals surface area (Å²) in [5.41, 5.74) is 6.06. The summed E-state index contributed by atoms with van der Waals surface area (Å²) in [6.45, 7) is 0. The fourth-order valence-electron chi connectivity index (χ4n) is 2.06. The van der Waals surface area contributed by atoms with Crippen LogP contribution in [0, 0.1) is 0 Å². The van der Waals surface area contributed by atoms with E-state index in [1.165, 1.54) is 19.2 Å². The van der Waals surface area contributed by atoms with Crippen molar-refractivity contribution in [3.8, 4) is 5.88 Å². The van der Waals surface area contributed by atoms with E-state index in [1.54, 1.807) is 13.2 Å². The predicted molar refractivity (Wildman–Crippen MR) is 62.4 cm³/mol. The first-order chi connectivity index (χ1) is 7.79. The Morgan fingerprint density at radius 3 is 2.94 bits per heavy atom. The van der Waals surface area contributed by atoms with Crippen LogP contribution < -0.4 is 15.8 Å². The zero-order valence-corrected chi connectivity index (χ0v) is 9.52. The van der Waals surface area contributed by atoms with Gasteiger partial charge in [0, 0.05) is 18.2 Å². The summed E-state index contributed by atoms with van der Waals surface area (Å²) in [6.07, 6.45) is 6.14. The molecule has 0 amide bonds. The first kappa shape index (κ1) is 11.1. The molecule has 3 N–H and O–H groups in total. The minimum absolute atomic E-state index is 0.217. The quantitative estimate of drug-likeness (QED) is 0.803. The van der Waals surface area contributed by atoms with Crippen molar-refractivity contribution in [1.29, 1.82) is 0 Å². The Kier molecular flexibility index (Phi) is 3.56. The average molecular weight is 222 g/mol. The second-order valence-corrected chi connectivity index (χ2v) is 4.14. The van der Waals surface area contributed by atoms with Gasteiger partial charge in [-0.25, -0.2) is 9.97 Å². The zero-order chi connectivity index (χ0) is 11.4. The van der Waals surface area contributed by atoms with Crippen LogP contribution in [0.2, 0.25) is 0 Å². The van der Waals surface area contributed by atoms with E-state index in [0.717, 1.165) is 18.7 Å². The monoisotopic (exact) mass is 222 g/mol. The van der Waals surface area contributed by atoms with Crippen molar-refractivity contribution < 1.29 is 4.74 Å². The largest absolute Gasteiger partial charge is 0.481 e. The highest BCUT2D eigenvalue weighted by Crippen LogP contribution is 2.21. The molecule has 0 saturated heterocycles. The van der Waals surface area contributed by atoms with E-state index >= 15 is 0 Å². The third kappa shape index (κ3) is 2.61. The number of nitrogens with one attached hydrogen (secondary N) is 1. The van der Waals surface area contributed by atoms with Gasteiger partial charge in [0.15, 0.2) is 0 Å². The molecule has 1 aromatic rings. The van der Waals surface area contributed by atoms with Crippen LogP contribution in [0.4, 0.5) is 5.82 Å². The molecule has 0 aliphatic heterocycles. The highest BCUT2D eigenvalue weighted by molar-refractivity contribution is 5.38. The number of anilines is 1. The van der Waals surface area contributed by atoms with Gasteiger partial charge >= 0.3 is 0 Å². The molecule has 88 valence electrons. The molecule has 5 nitrogen and oxygen atoms in total. The molecular weight excluding hydrogens is 204 g/mol. The van der Waals surface area contributed by atoms with E-state index in [1.807, 2.05) is 0 Å². The molecule has 0 radical (unpaired) electrons. The molecule has 2 atom stereocenters. The summed E-state index contributed by atoms with van der Waals surface area (Å²) >= 11 is 0. The van der Waals surface area contributed by atoms with Crippen LogP contribution in [-0.2, 0) is 0 Å². The van der Waals surface area contributed by atoms with Crippen LogP contribution in [0.1, 0.15) is 25.7 Å². The maximum atomic E-state index is 6.06. The summed E-state index contributed by atoms with van der Waals surface area (Å²) in [7, 11) is 1.60. The lowest BCUT2D eigenvalue weighted by Crippen LogP contribution is -2.42. The number of hydrogen-bond acceptors (Lipinski definition) is 5. The Bertz CT molecular complexity index is 345. The van der Waals surface area contributed by atoms with E-state index < -0.39 is 0 Å². The molecule has 1 aromatic heterocycles. The van der Waals surface area contributed by atoms with E-state index in [2.05, 4.69) is 15.3 Å². The number of hydrogen-bond donors (Lipinski definition) is 2. The van der Waals surface area contributed by atoms with Crippen molar-refractivity contribution in [3.05, 3.63) is 12.4 Å². The Labute approximate surface area is 95.4 Å². The molecule has 0 bridgehead atoms. The van der Waals surface area contributed by atoms with Gasteiger partial charge in [0.05, 0.1) is 7.11 Å². The number of nitrogens with zero attached hydrogens (tertiary/aromatic N) is 2. The Hall–Kier alpha value is -1.36. The van der Waals surface area contributed by atoms with Crippen LogP contribution in [0.25, 0.3) is 0 Å². The lowest BCUT2D eigenvalue weighted by atomic mass is 9.91. The summed E-state index contributed by atoms with van der Waals surface area (Å²) in [4.78, 5) is 8.12. The van der Waals surface area contributed by atoms with Gasteiger partial charge in [-0.1, -0.05) is 12.8 Å². The van der Waals surface area contributed by atoms with Crippen LogP contribution >= 0.6 is 0 Å². The van der Waals surface area contributed by atoms with Crippen molar-refractivity contribution in [2.75, 3.05) is 12.4 Å². The highest BCUT2D eigenvalue weighted by Gasteiger charge is 2.21. The molecular formula is C11H18N4O. The maximum Gasteiger partial charge on any atom is 0.218 e. The number of nitrogens with two attached hydrogens (primary N) is 1. The van der Waals surface area contributed by atoms with E-state index in [4.69, 9.17) is 10.5 Å². The average Bonchev–Trinajstić information content (AvgIpc) is 2.32. The van der Waals surface area contributed by atoms with Gasteiger partial charge < -0.3 is 15.8 Å². The van der Waals surface area contributed by atoms with E-state index in [9.17, 15) is 0 Å². The normalized spacial score (nSPS) is 25.1. The number of rotatable bonds is 3. The molecule has 1 aliphatic rings. The highest BCUT2D eigenvalue weighted by atomic mass is 16.5. The molecule has 1 fully saturated rings. The molecule has 16 heavy (non-hydrogen) atoms. The smallest absolute Gasteiger partial charge is 0.218 e. The van der Waals surface area contributed by atoms with Gasteiger partial charge in [0.1, 0.15) is 12.1 Å². The third-order valence-electron chi connectivity index (χ3n) is 3.00. The number of methoxy groups -OCH3 is 1. The second kappa shape index (κ2) is 5.12. The van der Waals surface area contributed by atoms with Crippen LogP contribution in [0.3, 0.4) is 0 Å². The van der Waals surface area contributed by atoms with Crippen LogP contribution in [0.5, 0.6) is 5.88 Å². The lowest BCUT2D eigenvalue weighted by Gasteiger charge is -2.29. The van der Waals surface area contributed by atoms with E-state index in [0.29, 0.717) is 11.9 Å². The Morgan fingerprint density at radius 1 is 1.38 bits per heavy atom. The summed E-state index contributed by atoms with van der Waals surface area (Å²) in [5.74, 6) is 1.36. The van der Waals surface area contributed by atoms with Crippen molar-refractivity contribution in [1.82, 2.24) is 9.97 Å². The molecule has 1 aliphatic carbocycles. The van der Waals surface area contributed by atoms with Crippen molar-refractivity contribution in [2.24, 2.45) is 5.73 Å². The molecule has 1 heterocycles. The topological polar surface area (TPSA) is 73.1 Å². The minimum Gasteiger partial charge on any atom is -0.481 e. The number of ether oxygens (including phenoxy) is 1. The number of aromatic nitrogens is 2. The van der Waals surface area contributed by atoms with Gasteiger partial charge in [-0.15, -0.1) is 0 Å². The van der Waals surface area contributed by atoms with Gasteiger partial charge in [0.2, 0.25) is 5.88 Å². The lowest BCUT2D eigenvalue weighted by molar-refractivity contribution is 0.394. The first-order valence-electron chi connectivity index (χ1n) is 5.68. The summed E-state index contributed by atoms with van der Waals surface area (Å²) in [6, 6.07) is 2.32. The maximum absolute atomic E-state index is 6.06. The second-order valence-electron chi connectivity index (χ2n) is 4.14. The molecule has 0 spiro atoms. The van der Waals surface area contributed by atoms with Crippen LogP contribution in [-0.4, -0.2) is 29.2 Å². The summed E-state index contributed by atoms with van der Waals surface area (Å²) in [5, 5.41) is 3.35. The van der Waals surface area contributed by atoms with E-state index in [-0.39, 0.29) is 6.04 Å². The van der Waals surface area contributed by atoms with Crippen molar-refractivity contribution in [3.63, 3.8) is 0 Å². The molecule has 5 heteroatoms. The van der Waals surface area contributed by atoms with Crippen molar-refractivity contribution in [2.45, 2.75) is 37.8 Å². The fraction of sp³-hybridized carbons (Fsp3) is 0.636. The predicted octanol–water partition coefficient (Wildman–Crippen LogP) is 1.17. The standard InChI is InChI=1S/C11H18N4O/c1-16-11-6-10(13-7-14-11)15-9-5-3-2-4-8(9)12/h6-9H,2-5,12H2,1H3,(H,13,14,15). The molecule has 0 aromatic carbocycles. The first-order valence-corrected chi connectivity index (χ1v) is 5.68. The van der Waals surface area contributed by atoms with Crippen LogP contribution in [0.15, 0.2) is 12.4 Å². The zero-order valence-electron chi connectivity index (χ0n) is 9.52. The minimum atomic E-state index is 0.217. The fourth-order valence-corrected chi connectivity index (χ4v) is 2.06. The van der Waals surface area contributed by atoms with Gasteiger partial charge in [-0.05, 0) is 12.8 Å². The Morgan fingerprint density at radius 2 is 2.19 bits per heavy atom. The molecule has 2 rings (SSSR count). The van der Waals surface area contributed by atoms with Gasteiger partial charge in [-0.2, -0.15) is 0 Å². The molecule has 1 saturated carbocycles. The third-order valence-corrected chi connectivity index (χ3v) is 3.00. The van der Waals surface area contributed by atoms with Gasteiger partial charge in [-0.3, -0.25) is 0 Å². The van der Waals surface area contributed by atoms with Crippen molar-refractivity contribution >= 4 is 5.82 Å². The SMILES string of the molecule is COc1cc(NC2CCCCC2N)ncn1. The Balaban J connectivity index is 2.01. The molecule has 2 unspecified atom stereocenters.